The molecule has 0 saturated carbocycles. The molecule has 9 heteroatoms. The largest absolute Gasteiger partial charge is 0.508 e. The van der Waals surface area contributed by atoms with E-state index in [-0.39, 0.29) is 11.8 Å². The molecule has 1 atom stereocenters. The summed E-state index contributed by atoms with van der Waals surface area (Å²) < 4.78 is 7.32. The predicted octanol–water partition coefficient (Wildman–Crippen LogP) is 4.30. The van der Waals surface area contributed by atoms with Gasteiger partial charge in [0.15, 0.2) is 17.0 Å². The van der Waals surface area contributed by atoms with Crippen LogP contribution < -0.4 is 15.4 Å². The van der Waals surface area contributed by atoms with Crippen molar-refractivity contribution in [1.82, 2.24) is 19.5 Å². The van der Waals surface area contributed by atoms with Gasteiger partial charge in [-0.05, 0) is 51.8 Å². The van der Waals surface area contributed by atoms with Crippen LogP contribution in [0.5, 0.6) is 11.5 Å². The summed E-state index contributed by atoms with van der Waals surface area (Å²) in [4.78, 5) is 14.0. The molecule has 180 valence electrons. The van der Waals surface area contributed by atoms with Gasteiger partial charge in [-0.2, -0.15) is 9.97 Å². The van der Waals surface area contributed by atoms with Gasteiger partial charge in [-0.1, -0.05) is 19.8 Å². The van der Waals surface area contributed by atoms with Crippen molar-refractivity contribution in [1.29, 1.82) is 0 Å². The van der Waals surface area contributed by atoms with E-state index in [1.807, 2.05) is 11.5 Å². The van der Waals surface area contributed by atoms with Gasteiger partial charge < -0.3 is 30.2 Å². The van der Waals surface area contributed by atoms with E-state index >= 15 is 0 Å². The molecule has 2 heterocycles. The molecule has 33 heavy (non-hydrogen) atoms. The third-order valence-corrected chi connectivity index (χ3v) is 5.38. The number of nitrogens with one attached hydrogen (secondary N) is 2. The number of nitrogens with zero attached hydrogens (tertiary/aromatic N) is 4. The van der Waals surface area contributed by atoms with Crippen LogP contribution in [0.15, 0.2) is 24.5 Å². The molecule has 0 amide bonds. The standard InChI is InChI=1S/C24H36N6O3/c1-6-7-8-11-30-15-26-20-21(25-14-17-12-18(33-5)9-10-19(17)31)28-23(29-22(20)30)27-16(2)13-24(3,4)32/h9-10,12,15-16,31-32H,6-8,11,13-14H2,1-5H3,(H2,25,27,28,29). The first-order chi connectivity index (χ1) is 15.7. The third kappa shape index (κ3) is 6.71. The van der Waals surface area contributed by atoms with Crippen molar-refractivity contribution in [3.8, 4) is 11.5 Å². The number of fused-ring (bicyclic) bond motifs is 1. The number of phenols is 1. The monoisotopic (exact) mass is 456 g/mol. The summed E-state index contributed by atoms with van der Waals surface area (Å²) in [5.74, 6) is 1.89. The summed E-state index contributed by atoms with van der Waals surface area (Å²) in [5, 5.41) is 27.0. The second-order valence-corrected chi connectivity index (χ2v) is 9.12. The maximum absolute atomic E-state index is 10.2. The average Bonchev–Trinajstić information content (AvgIpc) is 3.15. The van der Waals surface area contributed by atoms with Gasteiger partial charge >= 0.3 is 0 Å². The van der Waals surface area contributed by atoms with Crippen LogP contribution in [0.4, 0.5) is 11.8 Å². The summed E-state index contributed by atoms with van der Waals surface area (Å²) in [6, 6.07) is 5.08. The number of methoxy groups -OCH3 is 1. The Kier molecular flexibility index (Phi) is 7.97. The molecule has 0 bridgehead atoms. The van der Waals surface area contributed by atoms with Gasteiger partial charge in [0.05, 0.1) is 19.0 Å². The zero-order valence-electron chi connectivity index (χ0n) is 20.2. The van der Waals surface area contributed by atoms with Crippen LogP contribution in [0, 0.1) is 0 Å². The number of aliphatic hydroxyl groups is 1. The Morgan fingerprint density at radius 3 is 2.70 bits per heavy atom. The summed E-state index contributed by atoms with van der Waals surface area (Å²) in [6.45, 7) is 8.91. The zero-order valence-corrected chi connectivity index (χ0v) is 20.2. The van der Waals surface area contributed by atoms with Gasteiger partial charge in [-0.3, -0.25) is 0 Å². The minimum absolute atomic E-state index is 0.0332. The van der Waals surface area contributed by atoms with E-state index in [1.54, 1.807) is 45.5 Å². The number of aromatic hydroxyl groups is 1. The van der Waals surface area contributed by atoms with Crippen molar-refractivity contribution in [3.63, 3.8) is 0 Å². The number of rotatable bonds is 12. The fraction of sp³-hybridized carbons (Fsp3) is 0.542. The molecule has 0 radical (unpaired) electrons. The first-order valence-electron chi connectivity index (χ1n) is 11.5. The molecule has 0 aliphatic carbocycles. The number of benzene rings is 1. The molecular weight excluding hydrogens is 420 g/mol. The number of unbranched alkanes of at least 4 members (excludes halogenated alkanes) is 2. The van der Waals surface area contributed by atoms with Gasteiger partial charge in [0, 0.05) is 24.7 Å². The van der Waals surface area contributed by atoms with Crippen LogP contribution in [-0.2, 0) is 13.1 Å². The van der Waals surface area contributed by atoms with Gasteiger partial charge in [0.25, 0.3) is 0 Å². The average molecular weight is 457 g/mol. The fourth-order valence-electron chi connectivity index (χ4n) is 3.86. The predicted molar refractivity (Wildman–Crippen MR) is 131 cm³/mol. The number of phenolic OH excluding ortho intramolecular Hbond substituents is 1. The molecule has 3 aromatic rings. The second kappa shape index (κ2) is 10.7. The highest BCUT2D eigenvalue weighted by Crippen LogP contribution is 2.26. The van der Waals surface area contributed by atoms with E-state index in [4.69, 9.17) is 9.72 Å². The van der Waals surface area contributed by atoms with Crippen molar-refractivity contribution in [3.05, 3.63) is 30.1 Å². The number of imidazole rings is 1. The van der Waals surface area contributed by atoms with Gasteiger partial charge in [0.1, 0.15) is 11.5 Å². The van der Waals surface area contributed by atoms with E-state index in [0.717, 1.165) is 31.5 Å². The number of hydrogen-bond donors (Lipinski definition) is 4. The Bertz CT molecular complexity index is 1060. The highest BCUT2D eigenvalue weighted by atomic mass is 16.5. The SMILES string of the molecule is CCCCCn1cnc2c(NCc3cc(OC)ccc3O)nc(NC(C)CC(C)(C)O)nc21. The maximum atomic E-state index is 10.2. The molecule has 4 N–H and O–H groups in total. The highest BCUT2D eigenvalue weighted by molar-refractivity contribution is 5.84. The van der Waals surface area contributed by atoms with Crippen molar-refractivity contribution < 1.29 is 14.9 Å². The van der Waals surface area contributed by atoms with Crippen LogP contribution in [0.1, 0.15) is 58.9 Å². The normalized spacial score (nSPS) is 12.7. The molecule has 0 fully saturated rings. The van der Waals surface area contributed by atoms with E-state index in [2.05, 4.69) is 27.5 Å². The number of anilines is 2. The highest BCUT2D eigenvalue weighted by Gasteiger charge is 2.20. The van der Waals surface area contributed by atoms with Crippen molar-refractivity contribution in [2.45, 2.75) is 78.1 Å². The van der Waals surface area contributed by atoms with E-state index < -0.39 is 5.60 Å². The number of hydrogen-bond acceptors (Lipinski definition) is 8. The number of aromatic nitrogens is 4. The molecule has 1 aromatic carbocycles. The maximum Gasteiger partial charge on any atom is 0.226 e. The van der Waals surface area contributed by atoms with Crippen molar-refractivity contribution in [2.75, 3.05) is 17.7 Å². The van der Waals surface area contributed by atoms with Crippen LogP contribution in [-0.4, -0.2) is 48.5 Å². The molecule has 0 saturated heterocycles. The summed E-state index contributed by atoms with van der Waals surface area (Å²) in [7, 11) is 1.59. The lowest BCUT2D eigenvalue weighted by Gasteiger charge is -2.23. The lowest BCUT2D eigenvalue weighted by Crippen LogP contribution is -2.29. The van der Waals surface area contributed by atoms with Gasteiger partial charge in [0.2, 0.25) is 5.95 Å². The van der Waals surface area contributed by atoms with Gasteiger partial charge in [-0.25, -0.2) is 4.98 Å². The van der Waals surface area contributed by atoms with Crippen LogP contribution >= 0.6 is 0 Å². The van der Waals surface area contributed by atoms with E-state index in [9.17, 15) is 10.2 Å². The first-order valence-corrected chi connectivity index (χ1v) is 11.5. The molecule has 3 rings (SSSR count). The molecule has 0 aliphatic rings. The fourth-order valence-corrected chi connectivity index (χ4v) is 3.86. The number of ether oxygens (including phenoxy) is 1. The summed E-state index contributed by atoms with van der Waals surface area (Å²) in [5.41, 5.74) is 1.31. The summed E-state index contributed by atoms with van der Waals surface area (Å²) >= 11 is 0. The molecule has 1 unspecified atom stereocenters. The molecule has 0 spiro atoms. The minimum atomic E-state index is -0.802. The Labute approximate surface area is 195 Å². The van der Waals surface area contributed by atoms with Crippen molar-refractivity contribution >= 4 is 22.9 Å². The third-order valence-electron chi connectivity index (χ3n) is 5.38. The van der Waals surface area contributed by atoms with Crippen LogP contribution in [0.2, 0.25) is 0 Å². The van der Waals surface area contributed by atoms with E-state index in [0.29, 0.717) is 41.6 Å². The minimum Gasteiger partial charge on any atom is -0.508 e. The first kappa shape index (κ1) is 24.6. The quantitative estimate of drug-likeness (QED) is 0.298. The molecule has 9 nitrogen and oxygen atoms in total. The van der Waals surface area contributed by atoms with Crippen LogP contribution in [0.3, 0.4) is 0 Å². The lowest BCUT2D eigenvalue weighted by molar-refractivity contribution is 0.0672. The lowest BCUT2D eigenvalue weighted by atomic mass is 10.0. The smallest absolute Gasteiger partial charge is 0.226 e. The van der Waals surface area contributed by atoms with Crippen molar-refractivity contribution in [2.24, 2.45) is 0 Å². The van der Waals surface area contributed by atoms with E-state index in [1.165, 1.54) is 0 Å². The Hall–Kier alpha value is -3.07. The zero-order chi connectivity index (χ0) is 24.0. The second-order valence-electron chi connectivity index (χ2n) is 9.12. The molecular formula is C24H36N6O3. The topological polar surface area (TPSA) is 117 Å². The number of aryl methyl sites for hydroxylation is 1. The van der Waals surface area contributed by atoms with Crippen LogP contribution in [0.25, 0.3) is 11.2 Å². The Morgan fingerprint density at radius 1 is 1.21 bits per heavy atom. The molecule has 0 aliphatic heterocycles. The van der Waals surface area contributed by atoms with Gasteiger partial charge in [-0.15, -0.1) is 0 Å². The Balaban J connectivity index is 1.90. The molecule has 2 aromatic heterocycles. The summed E-state index contributed by atoms with van der Waals surface area (Å²) in [6.07, 6.45) is 5.67. The Morgan fingerprint density at radius 2 is 2.00 bits per heavy atom.